The van der Waals surface area contributed by atoms with Gasteiger partial charge in [-0.05, 0) is 12.1 Å². The predicted octanol–water partition coefficient (Wildman–Crippen LogP) is 2.70. The fourth-order valence-electron chi connectivity index (χ4n) is 1.89. The minimum atomic E-state index is 0.00329. The number of thiazole rings is 1. The van der Waals surface area contributed by atoms with E-state index < -0.39 is 0 Å². The van der Waals surface area contributed by atoms with E-state index in [1.165, 1.54) is 11.3 Å². The molecule has 1 aromatic carbocycles. The van der Waals surface area contributed by atoms with Crippen LogP contribution >= 0.6 is 11.3 Å². The Morgan fingerprint density at radius 2 is 2.16 bits per heavy atom. The van der Waals surface area contributed by atoms with E-state index >= 15 is 0 Å². The second kappa shape index (κ2) is 4.78. The molecule has 2 aromatic heterocycles. The van der Waals surface area contributed by atoms with Crippen molar-refractivity contribution in [1.82, 2.24) is 9.97 Å². The first-order chi connectivity index (χ1) is 9.22. The van der Waals surface area contributed by atoms with Gasteiger partial charge in [0.05, 0.1) is 17.6 Å². The van der Waals surface area contributed by atoms with Crippen molar-refractivity contribution in [3.05, 3.63) is 53.2 Å². The number of hydrogen-bond acceptors (Lipinski definition) is 5. The first-order valence-corrected chi connectivity index (χ1v) is 6.68. The molecule has 3 rings (SSSR count). The second-order valence-corrected chi connectivity index (χ2v) is 5.08. The molecule has 19 heavy (non-hydrogen) atoms. The highest BCUT2D eigenvalue weighted by atomic mass is 32.1. The Bertz CT molecular complexity index is 751. The van der Waals surface area contributed by atoms with Gasteiger partial charge in [0, 0.05) is 22.5 Å². The Hall–Kier alpha value is -2.27. The molecule has 0 bridgehead atoms. The standard InChI is InChI=1S/C14H11N3OS/c15-14-17-11(8-19-14)6-13(18)10-5-9-3-1-2-4-12(9)16-7-10/h1-5,7-8H,6H2,(H2,15,17). The van der Waals surface area contributed by atoms with E-state index in [0.717, 1.165) is 10.9 Å². The quantitative estimate of drug-likeness (QED) is 0.742. The zero-order valence-electron chi connectivity index (χ0n) is 10.0. The molecule has 0 aliphatic carbocycles. The van der Waals surface area contributed by atoms with E-state index in [4.69, 9.17) is 5.73 Å². The molecule has 0 spiro atoms. The number of Topliss-reactive ketones (excluding diaryl/α,β-unsaturated/α-hetero) is 1. The van der Waals surface area contributed by atoms with Crippen LogP contribution in [-0.2, 0) is 6.42 Å². The molecule has 94 valence electrons. The third kappa shape index (κ3) is 2.46. The minimum absolute atomic E-state index is 0.00329. The monoisotopic (exact) mass is 269 g/mol. The molecule has 2 heterocycles. The maximum Gasteiger partial charge on any atom is 0.180 e. The third-order valence-corrected chi connectivity index (χ3v) is 3.55. The average molecular weight is 269 g/mol. The second-order valence-electron chi connectivity index (χ2n) is 4.19. The summed E-state index contributed by atoms with van der Waals surface area (Å²) >= 11 is 1.34. The van der Waals surface area contributed by atoms with Gasteiger partial charge in [-0.15, -0.1) is 11.3 Å². The molecule has 2 N–H and O–H groups in total. The van der Waals surface area contributed by atoms with Crippen molar-refractivity contribution < 1.29 is 4.79 Å². The number of para-hydroxylation sites is 1. The van der Waals surface area contributed by atoms with Crippen LogP contribution in [0.5, 0.6) is 0 Å². The van der Waals surface area contributed by atoms with Crippen molar-refractivity contribution in [2.75, 3.05) is 5.73 Å². The van der Waals surface area contributed by atoms with Gasteiger partial charge < -0.3 is 5.73 Å². The lowest BCUT2D eigenvalue weighted by Crippen LogP contribution is -2.04. The number of rotatable bonds is 3. The first-order valence-electron chi connectivity index (χ1n) is 5.80. The number of fused-ring (bicyclic) bond motifs is 1. The number of carbonyl (C=O) groups excluding carboxylic acids is 1. The minimum Gasteiger partial charge on any atom is -0.375 e. The topological polar surface area (TPSA) is 68.9 Å². The smallest absolute Gasteiger partial charge is 0.180 e. The molecule has 5 heteroatoms. The summed E-state index contributed by atoms with van der Waals surface area (Å²) in [6, 6.07) is 9.58. The maximum atomic E-state index is 12.2. The van der Waals surface area contributed by atoms with E-state index in [9.17, 15) is 4.79 Å². The first kappa shape index (κ1) is 11.8. The van der Waals surface area contributed by atoms with Crippen LogP contribution in [0, 0.1) is 0 Å². The van der Waals surface area contributed by atoms with Gasteiger partial charge >= 0.3 is 0 Å². The van der Waals surface area contributed by atoms with E-state index in [0.29, 0.717) is 16.4 Å². The number of aromatic nitrogens is 2. The lowest BCUT2D eigenvalue weighted by molar-refractivity contribution is 0.0992. The van der Waals surface area contributed by atoms with Gasteiger partial charge in [-0.1, -0.05) is 18.2 Å². The van der Waals surface area contributed by atoms with Crippen LogP contribution in [0.1, 0.15) is 16.1 Å². The summed E-state index contributed by atoms with van der Waals surface area (Å²) in [6.45, 7) is 0. The molecule has 0 saturated heterocycles. The van der Waals surface area contributed by atoms with Crippen LogP contribution in [0.25, 0.3) is 10.9 Å². The van der Waals surface area contributed by atoms with Crippen molar-refractivity contribution in [3.63, 3.8) is 0 Å². The maximum absolute atomic E-state index is 12.2. The van der Waals surface area contributed by atoms with Crippen molar-refractivity contribution >= 4 is 33.2 Å². The molecular weight excluding hydrogens is 258 g/mol. The molecule has 3 aromatic rings. The van der Waals surface area contributed by atoms with Gasteiger partial charge in [-0.25, -0.2) is 4.98 Å². The Morgan fingerprint density at radius 1 is 1.32 bits per heavy atom. The normalized spacial score (nSPS) is 10.7. The molecule has 4 nitrogen and oxygen atoms in total. The van der Waals surface area contributed by atoms with Crippen LogP contribution in [0.3, 0.4) is 0 Å². The molecule has 0 atom stereocenters. The van der Waals surface area contributed by atoms with Gasteiger partial charge in [0.15, 0.2) is 10.9 Å². The van der Waals surface area contributed by atoms with Crippen molar-refractivity contribution in [2.24, 2.45) is 0 Å². The summed E-state index contributed by atoms with van der Waals surface area (Å²) in [5, 5.41) is 3.26. The fraction of sp³-hybridized carbons (Fsp3) is 0.0714. The molecule has 0 radical (unpaired) electrons. The molecule has 0 amide bonds. The number of carbonyl (C=O) groups is 1. The molecule has 0 aliphatic heterocycles. The summed E-state index contributed by atoms with van der Waals surface area (Å²) < 4.78 is 0. The summed E-state index contributed by atoms with van der Waals surface area (Å²) in [6.07, 6.45) is 1.87. The Morgan fingerprint density at radius 3 is 2.95 bits per heavy atom. The summed E-state index contributed by atoms with van der Waals surface area (Å²) in [7, 11) is 0. The largest absolute Gasteiger partial charge is 0.375 e. The van der Waals surface area contributed by atoms with Crippen LogP contribution in [-0.4, -0.2) is 15.8 Å². The molecular formula is C14H11N3OS. The van der Waals surface area contributed by atoms with Crippen molar-refractivity contribution in [1.29, 1.82) is 0 Å². The Kier molecular flexibility index (Phi) is 2.97. The third-order valence-electron chi connectivity index (χ3n) is 2.82. The van der Waals surface area contributed by atoms with E-state index in [1.807, 2.05) is 35.7 Å². The van der Waals surface area contributed by atoms with Crippen molar-refractivity contribution in [3.8, 4) is 0 Å². The number of ketones is 1. The summed E-state index contributed by atoms with van der Waals surface area (Å²) in [4.78, 5) is 20.5. The van der Waals surface area contributed by atoms with Crippen LogP contribution in [0.15, 0.2) is 41.9 Å². The van der Waals surface area contributed by atoms with Gasteiger partial charge in [-0.3, -0.25) is 9.78 Å². The van der Waals surface area contributed by atoms with Gasteiger partial charge in [-0.2, -0.15) is 0 Å². The molecule has 0 unspecified atom stereocenters. The van der Waals surface area contributed by atoms with Gasteiger partial charge in [0.25, 0.3) is 0 Å². The van der Waals surface area contributed by atoms with E-state index in [2.05, 4.69) is 9.97 Å². The van der Waals surface area contributed by atoms with Gasteiger partial charge in [0.2, 0.25) is 0 Å². The van der Waals surface area contributed by atoms with Crippen LogP contribution in [0.4, 0.5) is 5.13 Å². The highest BCUT2D eigenvalue weighted by Gasteiger charge is 2.10. The predicted molar refractivity (Wildman–Crippen MR) is 76.3 cm³/mol. The number of nitrogens with zero attached hydrogens (tertiary/aromatic N) is 2. The van der Waals surface area contributed by atoms with Crippen LogP contribution in [0.2, 0.25) is 0 Å². The Balaban J connectivity index is 1.89. The number of anilines is 1. The Labute approximate surface area is 113 Å². The molecule has 0 aliphatic rings. The fourth-order valence-corrected chi connectivity index (χ4v) is 2.46. The number of nitrogen functional groups attached to an aromatic ring is 1. The summed E-state index contributed by atoms with van der Waals surface area (Å²) in [5.74, 6) is 0.00329. The lowest BCUT2D eigenvalue weighted by Gasteiger charge is -2.01. The highest BCUT2D eigenvalue weighted by molar-refractivity contribution is 7.13. The van der Waals surface area contributed by atoms with E-state index in [1.54, 1.807) is 6.20 Å². The number of nitrogens with two attached hydrogens (primary N) is 1. The van der Waals surface area contributed by atoms with E-state index in [-0.39, 0.29) is 12.2 Å². The lowest BCUT2D eigenvalue weighted by atomic mass is 10.1. The summed E-state index contributed by atoms with van der Waals surface area (Å²) in [5.41, 5.74) is 7.75. The number of benzene rings is 1. The highest BCUT2D eigenvalue weighted by Crippen LogP contribution is 2.16. The zero-order valence-corrected chi connectivity index (χ0v) is 10.9. The number of hydrogen-bond donors (Lipinski definition) is 1. The molecule has 0 fully saturated rings. The SMILES string of the molecule is Nc1nc(CC(=O)c2cnc3ccccc3c2)cs1. The average Bonchev–Trinajstić information content (AvgIpc) is 2.83. The zero-order chi connectivity index (χ0) is 13.2. The van der Waals surface area contributed by atoms with Crippen LogP contribution < -0.4 is 5.73 Å². The van der Waals surface area contributed by atoms with Crippen molar-refractivity contribution in [2.45, 2.75) is 6.42 Å². The molecule has 0 saturated carbocycles. The number of pyridine rings is 1. The van der Waals surface area contributed by atoms with Gasteiger partial charge in [0.1, 0.15) is 0 Å².